The highest BCUT2D eigenvalue weighted by Crippen LogP contribution is 2.21. The van der Waals surface area contributed by atoms with E-state index in [2.05, 4.69) is 20.0 Å². The first kappa shape index (κ1) is 13.8. The van der Waals surface area contributed by atoms with Crippen molar-refractivity contribution in [2.75, 3.05) is 65.4 Å². The molecule has 0 radical (unpaired) electrons. The lowest BCUT2D eigenvalue weighted by atomic mass is 10.2. The van der Waals surface area contributed by atoms with E-state index in [1.165, 1.54) is 91.1 Å². The van der Waals surface area contributed by atoms with E-state index >= 15 is 0 Å². The molecule has 3 aliphatic rings. The molecule has 0 aromatic heterocycles. The molecule has 1 N–H and O–H groups in total. The maximum absolute atomic E-state index is 3.49. The van der Waals surface area contributed by atoms with Crippen LogP contribution in [-0.4, -0.2) is 86.2 Å². The molecule has 4 nitrogen and oxygen atoms in total. The number of fused-ring (bicyclic) bond motifs is 1. The van der Waals surface area contributed by atoms with Gasteiger partial charge in [0.05, 0.1) is 0 Å². The van der Waals surface area contributed by atoms with E-state index in [9.17, 15) is 0 Å². The average Bonchev–Trinajstić information content (AvgIpc) is 2.66. The third kappa shape index (κ3) is 3.91. The van der Waals surface area contributed by atoms with Crippen LogP contribution >= 0.6 is 0 Å². The normalized spacial score (nSPS) is 31.9. The molecule has 3 aliphatic heterocycles. The van der Waals surface area contributed by atoms with Crippen LogP contribution in [0.2, 0.25) is 0 Å². The smallest absolute Gasteiger partial charge is 0.0223 e. The molecule has 4 heteroatoms. The van der Waals surface area contributed by atoms with Crippen molar-refractivity contribution in [1.29, 1.82) is 0 Å². The third-order valence-corrected chi connectivity index (χ3v) is 5.05. The highest BCUT2D eigenvalue weighted by Gasteiger charge is 2.28. The van der Waals surface area contributed by atoms with Gasteiger partial charge in [-0.2, -0.15) is 0 Å². The Kier molecular flexibility index (Phi) is 5.10. The van der Waals surface area contributed by atoms with Crippen molar-refractivity contribution >= 4 is 0 Å². The zero-order valence-electron chi connectivity index (χ0n) is 12.3. The standard InChI is InChI=1S/C15H30N4/c1-4-15-14-18(8-3-10-19(15)9-1)13-12-17-7-2-5-16-6-11-17/h15-16H,1-14H2. The molecule has 0 amide bonds. The quantitative estimate of drug-likeness (QED) is 0.801. The SMILES string of the molecule is C1CNCCN(CCN2CCCN3CCCC3C2)C1. The average molecular weight is 266 g/mol. The summed E-state index contributed by atoms with van der Waals surface area (Å²) in [4.78, 5) is 8.11. The second-order valence-electron chi connectivity index (χ2n) is 6.43. The van der Waals surface area contributed by atoms with Gasteiger partial charge in [-0.25, -0.2) is 0 Å². The largest absolute Gasteiger partial charge is 0.315 e. The molecular formula is C15H30N4. The van der Waals surface area contributed by atoms with Gasteiger partial charge < -0.3 is 15.1 Å². The Hall–Kier alpha value is -0.160. The van der Waals surface area contributed by atoms with E-state index in [-0.39, 0.29) is 0 Å². The van der Waals surface area contributed by atoms with Crippen molar-refractivity contribution < 1.29 is 0 Å². The van der Waals surface area contributed by atoms with Crippen LogP contribution in [0.15, 0.2) is 0 Å². The highest BCUT2D eigenvalue weighted by atomic mass is 15.3. The van der Waals surface area contributed by atoms with Crippen molar-refractivity contribution in [3.05, 3.63) is 0 Å². The molecule has 0 bridgehead atoms. The second kappa shape index (κ2) is 7.02. The number of rotatable bonds is 3. The minimum Gasteiger partial charge on any atom is -0.315 e. The molecule has 1 unspecified atom stereocenters. The van der Waals surface area contributed by atoms with Gasteiger partial charge in [-0.15, -0.1) is 0 Å². The van der Waals surface area contributed by atoms with Crippen LogP contribution in [0.4, 0.5) is 0 Å². The van der Waals surface area contributed by atoms with Crippen molar-refractivity contribution in [3.63, 3.8) is 0 Å². The predicted octanol–water partition coefficient (Wildman–Crippen LogP) is 0.452. The maximum atomic E-state index is 3.49. The molecule has 3 rings (SSSR count). The molecular weight excluding hydrogens is 236 g/mol. The van der Waals surface area contributed by atoms with Gasteiger partial charge in [0.1, 0.15) is 0 Å². The molecule has 1 atom stereocenters. The summed E-state index contributed by atoms with van der Waals surface area (Å²) in [6.45, 7) is 12.8. The summed E-state index contributed by atoms with van der Waals surface area (Å²) in [5.41, 5.74) is 0. The molecule has 3 saturated heterocycles. The zero-order valence-corrected chi connectivity index (χ0v) is 12.3. The summed E-state index contributed by atoms with van der Waals surface area (Å²) >= 11 is 0. The number of nitrogens with one attached hydrogen (secondary N) is 1. The van der Waals surface area contributed by atoms with Gasteiger partial charge in [-0.05, 0) is 58.4 Å². The fraction of sp³-hybridized carbons (Fsp3) is 1.00. The number of nitrogens with zero attached hydrogens (tertiary/aromatic N) is 3. The monoisotopic (exact) mass is 266 g/mol. The van der Waals surface area contributed by atoms with Crippen LogP contribution in [0.1, 0.15) is 25.7 Å². The van der Waals surface area contributed by atoms with Crippen LogP contribution in [0.3, 0.4) is 0 Å². The van der Waals surface area contributed by atoms with Gasteiger partial charge in [0.2, 0.25) is 0 Å². The van der Waals surface area contributed by atoms with Gasteiger partial charge >= 0.3 is 0 Å². The Balaban J connectivity index is 1.43. The van der Waals surface area contributed by atoms with Crippen LogP contribution in [0, 0.1) is 0 Å². The molecule has 3 heterocycles. The molecule has 0 aromatic rings. The molecule has 0 spiro atoms. The zero-order chi connectivity index (χ0) is 12.9. The molecule has 110 valence electrons. The first-order chi connectivity index (χ1) is 9.42. The lowest BCUT2D eigenvalue weighted by Gasteiger charge is -2.28. The number of hydrogen-bond donors (Lipinski definition) is 1. The number of hydrogen-bond acceptors (Lipinski definition) is 4. The first-order valence-corrected chi connectivity index (χ1v) is 8.31. The molecule has 0 saturated carbocycles. The van der Waals surface area contributed by atoms with Crippen LogP contribution < -0.4 is 5.32 Å². The molecule has 0 aromatic carbocycles. The Morgan fingerprint density at radius 2 is 1.63 bits per heavy atom. The van der Waals surface area contributed by atoms with Crippen molar-refractivity contribution in [2.24, 2.45) is 0 Å². The lowest BCUT2D eigenvalue weighted by molar-refractivity contribution is 0.190. The molecule has 3 fully saturated rings. The Labute approximate surface area is 118 Å². The summed E-state index contributed by atoms with van der Waals surface area (Å²) in [7, 11) is 0. The second-order valence-corrected chi connectivity index (χ2v) is 6.43. The Morgan fingerprint density at radius 3 is 2.63 bits per heavy atom. The molecule has 19 heavy (non-hydrogen) atoms. The Bertz CT molecular complexity index is 263. The van der Waals surface area contributed by atoms with E-state index in [4.69, 9.17) is 0 Å². The summed E-state index contributed by atoms with van der Waals surface area (Å²) < 4.78 is 0. The first-order valence-electron chi connectivity index (χ1n) is 8.31. The van der Waals surface area contributed by atoms with Gasteiger partial charge in [0.15, 0.2) is 0 Å². The topological polar surface area (TPSA) is 21.8 Å². The lowest BCUT2D eigenvalue weighted by Crippen LogP contribution is -2.41. The van der Waals surface area contributed by atoms with Crippen molar-refractivity contribution in [2.45, 2.75) is 31.7 Å². The fourth-order valence-corrected chi connectivity index (χ4v) is 3.89. The summed E-state index contributed by atoms with van der Waals surface area (Å²) in [6, 6.07) is 0.869. The van der Waals surface area contributed by atoms with Gasteiger partial charge in [-0.1, -0.05) is 0 Å². The van der Waals surface area contributed by atoms with Gasteiger partial charge in [0.25, 0.3) is 0 Å². The van der Waals surface area contributed by atoms with Crippen LogP contribution in [0.25, 0.3) is 0 Å². The van der Waals surface area contributed by atoms with E-state index in [0.717, 1.165) is 6.04 Å². The summed E-state index contributed by atoms with van der Waals surface area (Å²) in [5.74, 6) is 0. The van der Waals surface area contributed by atoms with E-state index in [1.54, 1.807) is 0 Å². The minimum atomic E-state index is 0.869. The third-order valence-electron chi connectivity index (χ3n) is 5.05. The minimum absolute atomic E-state index is 0.869. The van der Waals surface area contributed by atoms with Gasteiger partial charge in [-0.3, -0.25) is 4.90 Å². The maximum Gasteiger partial charge on any atom is 0.0223 e. The summed E-state index contributed by atoms with van der Waals surface area (Å²) in [6.07, 6.45) is 5.55. The summed E-state index contributed by atoms with van der Waals surface area (Å²) in [5, 5.41) is 3.49. The Morgan fingerprint density at radius 1 is 0.789 bits per heavy atom. The van der Waals surface area contributed by atoms with E-state index in [0.29, 0.717) is 0 Å². The van der Waals surface area contributed by atoms with Crippen molar-refractivity contribution in [3.8, 4) is 0 Å². The fourth-order valence-electron chi connectivity index (χ4n) is 3.89. The van der Waals surface area contributed by atoms with Crippen molar-refractivity contribution in [1.82, 2.24) is 20.0 Å². The highest BCUT2D eigenvalue weighted by molar-refractivity contribution is 4.85. The van der Waals surface area contributed by atoms with Gasteiger partial charge in [0, 0.05) is 38.8 Å². The van der Waals surface area contributed by atoms with Crippen LogP contribution in [0.5, 0.6) is 0 Å². The van der Waals surface area contributed by atoms with E-state index < -0.39 is 0 Å². The molecule has 0 aliphatic carbocycles. The predicted molar refractivity (Wildman–Crippen MR) is 79.6 cm³/mol. The van der Waals surface area contributed by atoms with E-state index in [1.807, 2.05) is 0 Å². The van der Waals surface area contributed by atoms with Crippen LogP contribution in [-0.2, 0) is 0 Å².